The summed E-state index contributed by atoms with van der Waals surface area (Å²) in [5.41, 5.74) is 2.60. The van der Waals surface area contributed by atoms with Crippen LogP contribution in [0.15, 0.2) is 54.6 Å². The molecule has 8 rings (SSSR count). The van der Waals surface area contributed by atoms with Crippen LogP contribution in [0.5, 0.6) is 0 Å². The molecule has 2 amide bonds. The summed E-state index contributed by atoms with van der Waals surface area (Å²) in [5.74, 6) is 2.19. The van der Waals surface area contributed by atoms with Gasteiger partial charge in [-0.1, -0.05) is 48.5 Å². The first kappa shape index (κ1) is 24.7. The normalized spacial score (nSPS) is 31.6. The van der Waals surface area contributed by atoms with E-state index in [0.717, 1.165) is 65.2 Å². The number of fused-ring (bicyclic) bond motifs is 3. The standard InChI is InChI=1S/C32H37N3O4/c1-32(30(37)33-17-28(36)21-7-3-2-4-8-21)16-25-24-9-5-6-10-26(24)34-27(25)18-35(32)31(38)39-29-22-12-19-11-20(14-22)15-23(29)13-19/h2-10,19-20,22-23,28-29,34,36H,11-18H2,1H3,(H,33,37). The number of nitrogens with zero attached hydrogens (tertiary/aromatic N) is 1. The van der Waals surface area contributed by atoms with Gasteiger partial charge in [-0.05, 0) is 79.9 Å². The lowest BCUT2D eigenvalue weighted by molar-refractivity contribution is -0.137. The van der Waals surface area contributed by atoms with Gasteiger partial charge in [-0.2, -0.15) is 0 Å². The number of carbonyl (C=O) groups is 2. The summed E-state index contributed by atoms with van der Waals surface area (Å²) in [7, 11) is 0. The zero-order valence-electron chi connectivity index (χ0n) is 22.4. The van der Waals surface area contributed by atoms with Crippen LogP contribution >= 0.6 is 0 Å². The molecule has 7 nitrogen and oxygen atoms in total. The number of benzene rings is 2. The minimum atomic E-state index is -1.16. The van der Waals surface area contributed by atoms with Gasteiger partial charge in [-0.3, -0.25) is 9.69 Å². The molecule has 1 aromatic heterocycles. The quantitative estimate of drug-likeness (QED) is 0.431. The van der Waals surface area contributed by atoms with Gasteiger partial charge in [0.25, 0.3) is 0 Å². The van der Waals surface area contributed by atoms with Crippen LogP contribution in [0.4, 0.5) is 4.79 Å². The Morgan fingerprint density at radius 3 is 2.41 bits per heavy atom. The maximum atomic E-state index is 14.0. The van der Waals surface area contributed by atoms with Crippen LogP contribution in [-0.4, -0.2) is 45.2 Å². The number of para-hydroxylation sites is 1. The molecule has 5 aliphatic rings. The minimum absolute atomic E-state index is 0.0541. The van der Waals surface area contributed by atoms with Crippen LogP contribution in [-0.2, 0) is 22.5 Å². The fourth-order valence-corrected chi connectivity index (χ4v) is 8.25. The summed E-state index contributed by atoms with van der Waals surface area (Å²) in [6.45, 7) is 2.18. The summed E-state index contributed by atoms with van der Waals surface area (Å²) in [6.07, 6.45) is 5.06. The summed E-state index contributed by atoms with van der Waals surface area (Å²) in [6, 6.07) is 17.4. The molecule has 2 aromatic carbocycles. The molecule has 0 spiro atoms. The Labute approximate surface area is 228 Å². The van der Waals surface area contributed by atoms with E-state index in [4.69, 9.17) is 4.74 Å². The Bertz CT molecular complexity index is 1370. The molecule has 4 fully saturated rings. The van der Waals surface area contributed by atoms with Crippen molar-refractivity contribution < 1.29 is 19.4 Å². The molecule has 2 unspecified atom stereocenters. The molecule has 2 heterocycles. The van der Waals surface area contributed by atoms with E-state index in [0.29, 0.717) is 18.3 Å². The topological polar surface area (TPSA) is 94.7 Å². The number of aliphatic hydroxyl groups is 1. The minimum Gasteiger partial charge on any atom is -0.445 e. The molecule has 204 valence electrons. The highest BCUT2D eigenvalue weighted by atomic mass is 16.6. The third-order valence-corrected chi connectivity index (χ3v) is 10.1. The molecule has 39 heavy (non-hydrogen) atoms. The van der Waals surface area contributed by atoms with Gasteiger partial charge in [-0.25, -0.2) is 4.79 Å². The highest BCUT2D eigenvalue weighted by molar-refractivity contribution is 5.93. The summed E-state index contributed by atoms with van der Waals surface area (Å²) in [5, 5.41) is 14.7. The van der Waals surface area contributed by atoms with Gasteiger partial charge in [0.2, 0.25) is 5.91 Å². The Morgan fingerprint density at radius 2 is 1.69 bits per heavy atom. The van der Waals surface area contributed by atoms with Crippen molar-refractivity contribution in [3.63, 3.8) is 0 Å². The number of amides is 2. The third kappa shape index (κ3) is 4.22. The fourth-order valence-electron chi connectivity index (χ4n) is 8.25. The van der Waals surface area contributed by atoms with Crippen molar-refractivity contribution in [3.8, 4) is 0 Å². The van der Waals surface area contributed by atoms with Gasteiger partial charge in [0.1, 0.15) is 11.6 Å². The Kier molecular flexibility index (Phi) is 5.96. The van der Waals surface area contributed by atoms with Crippen molar-refractivity contribution in [2.45, 2.75) is 69.7 Å². The van der Waals surface area contributed by atoms with E-state index in [1.54, 1.807) is 4.90 Å². The maximum Gasteiger partial charge on any atom is 0.411 e. The fraction of sp³-hybridized carbons (Fsp3) is 0.500. The van der Waals surface area contributed by atoms with Gasteiger partial charge >= 0.3 is 6.09 Å². The summed E-state index contributed by atoms with van der Waals surface area (Å²) >= 11 is 0. The molecule has 3 aromatic rings. The van der Waals surface area contributed by atoms with Gasteiger partial charge in [-0.15, -0.1) is 0 Å². The van der Waals surface area contributed by atoms with E-state index in [9.17, 15) is 14.7 Å². The lowest BCUT2D eigenvalue weighted by Gasteiger charge is -2.54. The van der Waals surface area contributed by atoms with Crippen LogP contribution in [0.1, 0.15) is 62.0 Å². The van der Waals surface area contributed by atoms with E-state index < -0.39 is 17.7 Å². The predicted molar refractivity (Wildman–Crippen MR) is 148 cm³/mol. The highest BCUT2D eigenvalue weighted by Crippen LogP contribution is 2.55. The Hall–Kier alpha value is -3.32. The molecule has 1 aliphatic heterocycles. The number of carbonyl (C=O) groups excluding carboxylic acids is 2. The van der Waals surface area contributed by atoms with E-state index in [-0.39, 0.29) is 25.1 Å². The third-order valence-electron chi connectivity index (χ3n) is 10.1. The van der Waals surface area contributed by atoms with E-state index in [2.05, 4.69) is 16.4 Å². The molecule has 4 saturated carbocycles. The monoisotopic (exact) mass is 527 g/mol. The van der Waals surface area contributed by atoms with Crippen molar-refractivity contribution in [1.29, 1.82) is 0 Å². The first-order chi connectivity index (χ1) is 18.9. The molecule has 4 aliphatic carbocycles. The van der Waals surface area contributed by atoms with Crippen LogP contribution < -0.4 is 5.32 Å². The number of hydrogen-bond acceptors (Lipinski definition) is 4. The number of ether oxygens (including phenoxy) is 1. The van der Waals surface area contributed by atoms with Crippen molar-refractivity contribution in [1.82, 2.24) is 15.2 Å². The second kappa shape index (κ2) is 9.40. The first-order valence-electron chi connectivity index (χ1n) is 14.5. The number of H-pyrrole nitrogens is 1. The lowest BCUT2D eigenvalue weighted by Crippen LogP contribution is -2.63. The molecule has 0 saturated heterocycles. The zero-order chi connectivity index (χ0) is 26.7. The number of hydrogen-bond donors (Lipinski definition) is 3. The average Bonchev–Trinajstić information content (AvgIpc) is 3.30. The van der Waals surface area contributed by atoms with Crippen LogP contribution in [0.25, 0.3) is 10.9 Å². The highest BCUT2D eigenvalue weighted by Gasteiger charge is 2.52. The number of aromatic amines is 1. The SMILES string of the molecule is CC1(C(=O)NCC(O)c2ccccc2)Cc2c([nH]c3ccccc23)CN1C(=O)OC1C2CC3CC(C2)CC1C3. The van der Waals surface area contributed by atoms with E-state index >= 15 is 0 Å². The molecule has 4 bridgehead atoms. The number of nitrogens with one attached hydrogen (secondary N) is 2. The second-order valence-corrected chi connectivity index (χ2v) is 12.6. The first-order valence-corrected chi connectivity index (χ1v) is 14.5. The number of aliphatic hydroxyl groups excluding tert-OH is 1. The van der Waals surface area contributed by atoms with E-state index in [1.165, 1.54) is 6.42 Å². The van der Waals surface area contributed by atoms with Gasteiger partial charge in [0, 0.05) is 29.6 Å². The van der Waals surface area contributed by atoms with Gasteiger partial charge in [0.05, 0.1) is 12.6 Å². The van der Waals surface area contributed by atoms with E-state index in [1.807, 2.05) is 55.5 Å². The molecule has 7 heteroatoms. The van der Waals surface area contributed by atoms with Crippen molar-refractivity contribution in [2.24, 2.45) is 23.7 Å². The lowest BCUT2D eigenvalue weighted by atomic mass is 9.55. The summed E-state index contributed by atoms with van der Waals surface area (Å²) < 4.78 is 6.34. The smallest absolute Gasteiger partial charge is 0.411 e. The van der Waals surface area contributed by atoms with Crippen LogP contribution in [0, 0.1) is 23.7 Å². The average molecular weight is 528 g/mol. The van der Waals surface area contributed by atoms with Crippen molar-refractivity contribution in [2.75, 3.05) is 6.54 Å². The largest absolute Gasteiger partial charge is 0.445 e. The zero-order valence-corrected chi connectivity index (χ0v) is 22.4. The predicted octanol–water partition coefficient (Wildman–Crippen LogP) is 5.10. The summed E-state index contributed by atoms with van der Waals surface area (Å²) in [4.78, 5) is 33.0. The second-order valence-electron chi connectivity index (χ2n) is 12.6. The molecule has 2 atom stereocenters. The number of rotatable bonds is 5. The molecule has 0 radical (unpaired) electrons. The number of aromatic nitrogens is 1. The van der Waals surface area contributed by atoms with Crippen molar-refractivity contribution >= 4 is 22.9 Å². The van der Waals surface area contributed by atoms with Gasteiger partial charge in [0.15, 0.2) is 0 Å². The molecule has 3 N–H and O–H groups in total. The van der Waals surface area contributed by atoms with Crippen LogP contribution in [0.3, 0.4) is 0 Å². The Morgan fingerprint density at radius 1 is 1.03 bits per heavy atom. The molecular formula is C32H37N3O4. The van der Waals surface area contributed by atoms with Gasteiger partial charge < -0.3 is 20.1 Å². The Balaban J connectivity index is 1.16. The van der Waals surface area contributed by atoms with Crippen LogP contribution in [0.2, 0.25) is 0 Å². The maximum absolute atomic E-state index is 14.0. The van der Waals surface area contributed by atoms with Crippen molar-refractivity contribution in [3.05, 3.63) is 71.4 Å². The molecular weight excluding hydrogens is 490 g/mol.